The molecule has 1 heteroatoms. The average molecular weight is 91.0 g/mol. The standard InChI is InChI=1S/C3H7.Ti/c1-3-2;/h1,3H2,2H3;. The van der Waals surface area contributed by atoms with Crippen molar-refractivity contribution < 1.29 is 21.7 Å². The third kappa shape index (κ3) is 15.6. The van der Waals surface area contributed by atoms with E-state index >= 15 is 0 Å². The second-order valence-corrected chi connectivity index (χ2v) is 0.500. The van der Waals surface area contributed by atoms with Crippen molar-refractivity contribution in [3.8, 4) is 0 Å². The van der Waals surface area contributed by atoms with Crippen LogP contribution in [0, 0.1) is 6.92 Å². The van der Waals surface area contributed by atoms with Crippen molar-refractivity contribution >= 4 is 0 Å². The van der Waals surface area contributed by atoms with Crippen LogP contribution in [0.2, 0.25) is 0 Å². The molecule has 0 saturated heterocycles. The fourth-order valence-corrected chi connectivity index (χ4v) is 0. The molecule has 0 aliphatic rings. The van der Waals surface area contributed by atoms with E-state index < -0.39 is 0 Å². The summed E-state index contributed by atoms with van der Waals surface area (Å²) >= 11 is 0. The van der Waals surface area contributed by atoms with E-state index in [-0.39, 0.29) is 21.7 Å². The second-order valence-electron chi connectivity index (χ2n) is 0.500. The molecule has 1 radical (unpaired) electrons. The zero-order chi connectivity index (χ0) is 2.71. The van der Waals surface area contributed by atoms with Crippen molar-refractivity contribution in [1.82, 2.24) is 0 Å². The minimum atomic E-state index is 0. The topological polar surface area (TPSA) is 0 Å². The molecular formula is C3H7Ti. The average Bonchev–Trinajstić information content (AvgIpc) is 0.918. The maximum Gasteiger partial charge on any atom is 0 e. The SMILES string of the molecule is [CH2]CC.[Ti]. The first-order valence-electron chi connectivity index (χ1n) is 1.21. The van der Waals surface area contributed by atoms with Crippen molar-refractivity contribution in [3.05, 3.63) is 6.92 Å². The normalized spacial score (nSPS) is 4.50. The molecule has 4 heavy (non-hydrogen) atoms. The predicted octanol–water partition coefficient (Wildman–Crippen LogP) is 1.23. The molecule has 0 aromatic heterocycles. The number of hydrogen-bond donors (Lipinski definition) is 0. The molecule has 0 aliphatic heterocycles. The van der Waals surface area contributed by atoms with Crippen molar-refractivity contribution in [2.45, 2.75) is 13.3 Å². The molecule has 0 N–H and O–H groups in total. The summed E-state index contributed by atoms with van der Waals surface area (Å²) in [7, 11) is 0. The monoisotopic (exact) mass is 91.0 g/mol. The molecule has 0 saturated carbocycles. The largest absolute Gasteiger partial charge is 0.0654 e. The Kier molecular flexibility index (Phi) is 20.6. The van der Waals surface area contributed by atoms with E-state index in [9.17, 15) is 0 Å². The summed E-state index contributed by atoms with van der Waals surface area (Å²) in [6, 6.07) is 0. The van der Waals surface area contributed by atoms with Crippen LogP contribution in [0.15, 0.2) is 0 Å². The fraction of sp³-hybridized carbons (Fsp3) is 0.667. The smallest absolute Gasteiger partial charge is 0 e. The van der Waals surface area contributed by atoms with Gasteiger partial charge in [-0.25, -0.2) is 0 Å². The van der Waals surface area contributed by atoms with Crippen molar-refractivity contribution in [1.29, 1.82) is 0 Å². The summed E-state index contributed by atoms with van der Waals surface area (Å²) < 4.78 is 0. The third-order valence-corrected chi connectivity index (χ3v) is 0. The molecule has 23 valence electrons. The Morgan fingerprint density at radius 1 is 1.75 bits per heavy atom. The zero-order valence-corrected chi connectivity index (χ0v) is 4.48. The van der Waals surface area contributed by atoms with Crippen LogP contribution in [-0.4, -0.2) is 0 Å². The van der Waals surface area contributed by atoms with Gasteiger partial charge in [0.1, 0.15) is 0 Å². The van der Waals surface area contributed by atoms with Crippen molar-refractivity contribution in [2.75, 3.05) is 0 Å². The van der Waals surface area contributed by atoms with Crippen LogP contribution in [-0.2, 0) is 21.7 Å². The van der Waals surface area contributed by atoms with E-state index in [0.29, 0.717) is 0 Å². The van der Waals surface area contributed by atoms with Gasteiger partial charge in [0.15, 0.2) is 0 Å². The molecule has 0 aliphatic carbocycles. The quantitative estimate of drug-likeness (QED) is 0.393. The minimum absolute atomic E-state index is 0. The van der Waals surface area contributed by atoms with E-state index in [0.717, 1.165) is 6.42 Å². The summed E-state index contributed by atoms with van der Waals surface area (Å²) in [5, 5.41) is 0. The van der Waals surface area contributed by atoms with Gasteiger partial charge in [0.25, 0.3) is 0 Å². The summed E-state index contributed by atoms with van der Waals surface area (Å²) in [6.07, 6.45) is 1.00. The maximum atomic E-state index is 3.49. The zero-order valence-electron chi connectivity index (χ0n) is 2.91. The van der Waals surface area contributed by atoms with Crippen LogP contribution in [0.5, 0.6) is 0 Å². The Hall–Kier alpha value is 0.714. The molecule has 0 rings (SSSR count). The molecule has 0 heterocycles. The number of hydrogen-bond acceptors (Lipinski definition) is 0. The molecule has 0 unspecified atom stereocenters. The Balaban J connectivity index is 0. The van der Waals surface area contributed by atoms with Gasteiger partial charge in [0.2, 0.25) is 0 Å². The summed E-state index contributed by atoms with van der Waals surface area (Å²) in [5.41, 5.74) is 0. The van der Waals surface area contributed by atoms with Crippen LogP contribution in [0.4, 0.5) is 0 Å². The molecule has 0 spiro atoms. The van der Waals surface area contributed by atoms with Gasteiger partial charge in [0.05, 0.1) is 0 Å². The van der Waals surface area contributed by atoms with Crippen LogP contribution in [0.3, 0.4) is 0 Å². The van der Waals surface area contributed by atoms with Crippen molar-refractivity contribution in [3.63, 3.8) is 0 Å². The molecule has 0 atom stereocenters. The van der Waals surface area contributed by atoms with Gasteiger partial charge in [0, 0.05) is 21.7 Å². The second kappa shape index (κ2) is 9.31. The molecule has 0 bridgehead atoms. The van der Waals surface area contributed by atoms with E-state index in [4.69, 9.17) is 0 Å². The van der Waals surface area contributed by atoms with Gasteiger partial charge in [-0.2, -0.15) is 0 Å². The predicted molar refractivity (Wildman–Crippen MR) is 15.6 cm³/mol. The Morgan fingerprint density at radius 2 is 1.75 bits per heavy atom. The first-order chi connectivity index (χ1) is 1.41. The third-order valence-electron chi connectivity index (χ3n) is 0. The minimum Gasteiger partial charge on any atom is -0.0654 e. The van der Waals surface area contributed by atoms with Gasteiger partial charge in [-0.1, -0.05) is 20.3 Å². The van der Waals surface area contributed by atoms with Gasteiger partial charge in [-0.15, -0.1) is 0 Å². The first kappa shape index (κ1) is 8.83. The number of rotatable bonds is 0. The summed E-state index contributed by atoms with van der Waals surface area (Å²) in [4.78, 5) is 0. The molecule has 0 aromatic carbocycles. The first-order valence-corrected chi connectivity index (χ1v) is 1.21. The van der Waals surface area contributed by atoms with Gasteiger partial charge >= 0.3 is 0 Å². The van der Waals surface area contributed by atoms with Crippen molar-refractivity contribution in [2.24, 2.45) is 0 Å². The molecular weight excluding hydrogens is 83.9 g/mol. The summed E-state index contributed by atoms with van der Waals surface area (Å²) in [6.45, 7) is 5.50. The summed E-state index contributed by atoms with van der Waals surface area (Å²) in [5.74, 6) is 0. The van der Waals surface area contributed by atoms with E-state index in [1.807, 2.05) is 6.92 Å². The Bertz CT molecular complexity index is 3.25. The molecule has 0 nitrogen and oxygen atoms in total. The van der Waals surface area contributed by atoms with Crippen LogP contribution in [0.1, 0.15) is 13.3 Å². The Morgan fingerprint density at radius 3 is 1.75 bits per heavy atom. The van der Waals surface area contributed by atoms with E-state index in [1.165, 1.54) is 0 Å². The van der Waals surface area contributed by atoms with Gasteiger partial charge in [-0.3, -0.25) is 0 Å². The van der Waals surface area contributed by atoms with Gasteiger partial charge in [-0.05, 0) is 0 Å². The molecule has 0 aromatic rings. The van der Waals surface area contributed by atoms with Crippen LogP contribution in [0.25, 0.3) is 0 Å². The van der Waals surface area contributed by atoms with Crippen LogP contribution < -0.4 is 0 Å². The fourth-order valence-electron chi connectivity index (χ4n) is 0. The molecule has 0 fully saturated rings. The van der Waals surface area contributed by atoms with Crippen LogP contribution >= 0.6 is 0 Å². The van der Waals surface area contributed by atoms with Gasteiger partial charge < -0.3 is 0 Å². The van der Waals surface area contributed by atoms with E-state index in [1.54, 1.807) is 0 Å². The van der Waals surface area contributed by atoms with E-state index in [2.05, 4.69) is 6.92 Å². The maximum absolute atomic E-state index is 3.49. The molecule has 0 amide bonds. The Labute approximate surface area is 42.5 Å².